The molecule has 0 spiro atoms. The standard InChI is InChI=1S/C34H36N10O3/c1-47-22-34(33(46)39-25-5-8-28-27(19-25)31(41-40-28)29-9-13-35-23-38-29)10-14-42(21-34)20-30(45)44-17-15-43(16-18-44)26-6-3-24(4-7-26)32-36-11-2-12-37-32/h2-9,11-13,19,23H,10,14-18,20-22H2,1H3,(H,39,46)(H,40,41). The maximum Gasteiger partial charge on any atom is 0.236 e. The van der Waals surface area contributed by atoms with E-state index in [-0.39, 0.29) is 25.0 Å². The Kier molecular flexibility index (Phi) is 8.55. The van der Waals surface area contributed by atoms with Crippen molar-refractivity contribution in [3.8, 4) is 22.8 Å². The number of fused-ring (bicyclic) bond motifs is 1. The third kappa shape index (κ3) is 6.40. The number of aromatic nitrogens is 6. The Bertz CT molecular complexity index is 1840. The molecule has 2 amide bonds. The first kappa shape index (κ1) is 30.4. The van der Waals surface area contributed by atoms with Gasteiger partial charge in [0.15, 0.2) is 5.82 Å². The Hall–Kier alpha value is -5.27. The highest BCUT2D eigenvalue weighted by atomic mass is 16.5. The zero-order chi connectivity index (χ0) is 32.2. The number of amides is 2. The fourth-order valence-corrected chi connectivity index (χ4v) is 6.49. The average Bonchev–Trinajstić information content (AvgIpc) is 3.74. The van der Waals surface area contributed by atoms with Crippen LogP contribution in [-0.4, -0.2) is 111 Å². The lowest BCUT2D eigenvalue weighted by atomic mass is 9.87. The van der Waals surface area contributed by atoms with Crippen molar-refractivity contribution in [1.82, 2.24) is 39.9 Å². The summed E-state index contributed by atoms with van der Waals surface area (Å²) in [6, 6.07) is 17.5. The van der Waals surface area contributed by atoms with Gasteiger partial charge in [0, 0.05) is 80.7 Å². The number of hydrogen-bond donors (Lipinski definition) is 2. The number of methoxy groups -OCH3 is 1. The first-order chi connectivity index (χ1) is 23.0. The van der Waals surface area contributed by atoms with Gasteiger partial charge in [0.2, 0.25) is 11.8 Å². The number of carbonyl (C=O) groups is 2. The van der Waals surface area contributed by atoms with E-state index in [0.29, 0.717) is 55.5 Å². The van der Waals surface area contributed by atoms with Gasteiger partial charge in [-0.05, 0) is 67.6 Å². The second-order valence-corrected chi connectivity index (χ2v) is 12.0. The SMILES string of the molecule is COCC1(C(=O)Nc2ccc3[nH]nc(-c4ccncn4)c3c2)CCN(CC(=O)N2CCN(c3ccc(-c4ncccn4)cc3)CC2)C1. The van der Waals surface area contributed by atoms with E-state index in [2.05, 4.69) is 57.4 Å². The van der Waals surface area contributed by atoms with E-state index in [1.54, 1.807) is 37.8 Å². The molecule has 47 heavy (non-hydrogen) atoms. The van der Waals surface area contributed by atoms with Crippen LogP contribution in [0.5, 0.6) is 0 Å². The van der Waals surface area contributed by atoms with Gasteiger partial charge in [-0.25, -0.2) is 19.9 Å². The molecule has 5 heterocycles. The molecule has 2 saturated heterocycles. The number of nitrogens with one attached hydrogen (secondary N) is 2. The zero-order valence-corrected chi connectivity index (χ0v) is 26.2. The highest BCUT2D eigenvalue weighted by Gasteiger charge is 2.45. The molecule has 13 nitrogen and oxygen atoms in total. The molecule has 0 saturated carbocycles. The van der Waals surface area contributed by atoms with Crippen molar-refractivity contribution < 1.29 is 14.3 Å². The lowest BCUT2D eigenvalue weighted by molar-refractivity contribution is -0.133. The van der Waals surface area contributed by atoms with Gasteiger partial charge in [-0.15, -0.1) is 0 Å². The van der Waals surface area contributed by atoms with Crippen molar-refractivity contribution in [3.05, 3.63) is 79.5 Å². The van der Waals surface area contributed by atoms with Gasteiger partial charge < -0.3 is 19.9 Å². The average molecular weight is 633 g/mol. The number of anilines is 2. The van der Waals surface area contributed by atoms with Crippen LogP contribution in [0.4, 0.5) is 11.4 Å². The quantitative estimate of drug-likeness (QED) is 0.249. The number of likely N-dealkylation sites (tertiary alicyclic amines) is 1. The molecular weight excluding hydrogens is 596 g/mol. The summed E-state index contributed by atoms with van der Waals surface area (Å²) in [6.07, 6.45) is 7.22. The van der Waals surface area contributed by atoms with Crippen molar-refractivity contribution in [2.24, 2.45) is 5.41 Å². The molecule has 1 atom stereocenters. The minimum absolute atomic E-state index is 0.0810. The van der Waals surface area contributed by atoms with E-state index in [9.17, 15) is 9.59 Å². The second kappa shape index (κ2) is 13.2. The predicted molar refractivity (Wildman–Crippen MR) is 177 cm³/mol. The summed E-state index contributed by atoms with van der Waals surface area (Å²) in [7, 11) is 1.61. The lowest BCUT2D eigenvalue weighted by Gasteiger charge is -2.37. The maximum absolute atomic E-state index is 13.8. The molecule has 7 rings (SSSR count). The molecule has 2 fully saturated rings. The molecule has 0 radical (unpaired) electrons. The molecule has 13 heteroatoms. The third-order valence-electron chi connectivity index (χ3n) is 9.03. The van der Waals surface area contributed by atoms with E-state index in [0.717, 1.165) is 35.2 Å². The van der Waals surface area contributed by atoms with Crippen LogP contribution in [0.2, 0.25) is 0 Å². The van der Waals surface area contributed by atoms with Crippen molar-refractivity contribution in [2.75, 3.05) is 69.7 Å². The largest absolute Gasteiger partial charge is 0.384 e. The van der Waals surface area contributed by atoms with Gasteiger partial charge in [0.1, 0.15) is 12.0 Å². The molecule has 5 aromatic rings. The van der Waals surface area contributed by atoms with E-state index < -0.39 is 5.41 Å². The van der Waals surface area contributed by atoms with Gasteiger partial charge in [0.05, 0.1) is 29.8 Å². The Labute approximate surface area is 272 Å². The second-order valence-electron chi connectivity index (χ2n) is 12.0. The number of H-pyrrole nitrogens is 1. The molecule has 240 valence electrons. The van der Waals surface area contributed by atoms with E-state index in [1.165, 1.54) is 6.33 Å². The zero-order valence-electron chi connectivity index (χ0n) is 26.2. The summed E-state index contributed by atoms with van der Waals surface area (Å²) in [5.41, 5.74) is 4.19. The van der Waals surface area contributed by atoms with Crippen LogP contribution in [0, 0.1) is 5.41 Å². The summed E-state index contributed by atoms with van der Waals surface area (Å²) in [6.45, 7) is 4.41. The fraction of sp³-hybridized carbons (Fsp3) is 0.324. The molecular formula is C34H36N10O3. The lowest BCUT2D eigenvalue weighted by Crippen LogP contribution is -2.51. The summed E-state index contributed by atoms with van der Waals surface area (Å²) in [4.78, 5) is 50.4. The Morgan fingerprint density at radius 2 is 1.77 bits per heavy atom. The first-order valence-electron chi connectivity index (χ1n) is 15.7. The highest BCUT2D eigenvalue weighted by molar-refractivity contribution is 6.00. The molecule has 2 aromatic carbocycles. The van der Waals surface area contributed by atoms with Crippen LogP contribution in [-0.2, 0) is 14.3 Å². The van der Waals surface area contributed by atoms with E-state index in [4.69, 9.17) is 4.74 Å². The third-order valence-corrected chi connectivity index (χ3v) is 9.03. The Morgan fingerprint density at radius 3 is 2.51 bits per heavy atom. The molecule has 2 aliphatic rings. The topological polar surface area (TPSA) is 145 Å². The van der Waals surface area contributed by atoms with Gasteiger partial charge in [-0.3, -0.25) is 19.6 Å². The van der Waals surface area contributed by atoms with Crippen molar-refractivity contribution in [1.29, 1.82) is 0 Å². The van der Waals surface area contributed by atoms with Gasteiger partial charge in [-0.1, -0.05) is 0 Å². The Morgan fingerprint density at radius 1 is 0.957 bits per heavy atom. The van der Waals surface area contributed by atoms with E-state index >= 15 is 0 Å². The maximum atomic E-state index is 13.8. The summed E-state index contributed by atoms with van der Waals surface area (Å²) >= 11 is 0. The van der Waals surface area contributed by atoms with Crippen LogP contribution >= 0.6 is 0 Å². The minimum atomic E-state index is -0.772. The fourth-order valence-electron chi connectivity index (χ4n) is 6.49. The predicted octanol–water partition coefficient (Wildman–Crippen LogP) is 3.10. The number of rotatable bonds is 9. The smallest absolute Gasteiger partial charge is 0.236 e. The van der Waals surface area contributed by atoms with Crippen LogP contribution in [0.15, 0.2) is 79.5 Å². The number of benzene rings is 2. The van der Waals surface area contributed by atoms with Crippen molar-refractivity contribution in [2.45, 2.75) is 6.42 Å². The number of aromatic amines is 1. The molecule has 0 aliphatic carbocycles. The monoisotopic (exact) mass is 632 g/mol. The summed E-state index contributed by atoms with van der Waals surface area (Å²) in [5, 5.41) is 11.4. The van der Waals surface area contributed by atoms with Crippen LogP contribution < -0.4 is 10.2 Å². The van der Waals surface area contributed by atoms with Gasteiger partial charge >= 0.3 is 0 Å². The van der Waals surface area contributed by atoms with Crippen molar-refractivity contribution >= 4 is 34.1 Å². The molecule has 1 unspecified atom stereocenters. The number of hydrogen-bond acceptors (Lipinski definition) is 10. The number of ether oxygens (including phenoxy) is 1. The van der Waals surface area contributed by atoms with Crippen LogP contribution in [0.25, 0.3) is 33.7 Å². The normalized spacial score (nSPS) is 18.5. The molecule has 2 N–H and O–H groups in total. The Balaban J connectivity index is 0.951. The number of nitrogens with zero attached hydrogens (tertiary/aromatic N) is 8. The molecule has 2 aliphatic heterocycles. The van der Waals surface area contributed by atoms with Gasteiger partial charge in [-0.2, -0.15) is 5.10 Å². The summed E-state index contributed by atoms with van der Waals surface area (Å²) < 4.78 is 5.55. The number of carbonyl (C=O) groups excluding carboxylic acids is 2. The van der Waals surface area contributed by atoms with E-state index in [1.807, 2.05) is 35.2 Å². The van der Waals surface area contributed by atoms with Crippen molar-refractivity contribution in [3.63, 3.8) is 0 Å². The molecule has 0 bridgehead atoms. The highest BCUT2D eigenvalue weighted by Crippen LogP contribution is 2.34. The van der Waals surface area contributed by atoms with Crippen LogP contribution in [0.3, 0.4) is 0 Å². The van der Waals surface area contributed by atoms with Gasteiger partial charge in [0.25, 0.3) is 0 Å². The minimum Gasteiger partial charge on any atom is -0.384 e. The number of piperazine rings is 1. The van der Waals surface area contributed by atoms with Crippen LogP contribution in [0.1, 0.15) is 6.42 Å². The molecule has 3 aromatic heterocycles. The summed E-state index contributed by atoms with van der Waals surface area (Å²) in [5.74, 6) is 0.657. The first-order valence-corrected chi connectivity index (χ1v) is 15.7.